The second-order valence-electron chi connectivity index (χ2n) is 7.88. The minimum Gasteiger partial charge on any atom is -0.497 e. The van der Waals surface area contributed by atoms with Crippen LogP contribution in [0.2, 0.25) is 0 Å². The SMILES string of the molecule is COc1ccc(CCC(=O)N2CCC(c3nnc(C(=O)Nc4ccccc4F)s3)CC2)cc1. The van der Waals surface area contributed by atoms with E-state index in [1.165, 1.54) is 23.5 Å². The Labute approximate surface area is 195 Å². The third-order valence-corrected chi connectivity index (χ3v) is 6.82. The molecule has 0 radical (unpaired) electrons. The second kappa shape index (κ2) is 10.5. The third-order valence-electron chi connectivity index (χ3n) is 5.74. The highest BCUT2D eigenvalue weighted by Gasteiger charge is 2.27. The zero-order valence-corrected chi connectivity index (χ0v) is 19.1. The standard InChI is InChI=1S/C24H25FN4O3S/c1-32-18-9-6-16(7-10-18)8-11-21(30)29-14-12-17(13-15-29)23-27-28-24(33-23)22(31)26-20-5-3-2-4-19(20)25/h2-7,9-10,17H,8,11-15H2,1H3,(H,26,31). The van der Waals surface area contributed by atoms with Gasteiger partial charge in [0.2, 0.25) is 10.9 Å². The molecular weight excluding hydrogens is 443 g/mol. The molecule has 7 nitrogen and oxygen atoms in total. The molecule has 2 aromatic carbocycles. The predicted molar refractivity (Wildman–Crippen MR) is 124 cm³/mol. The maximum Gasteiger partial charge on any atom is 0.286 e. The summed E-state index contributed by atoms with van der Waals surface area (Å²) < 4.78 is 18.9. The van der Waals surface area contributed by atoms with E-state index in [1.54, 1.807) is 19.2 Å². The van der Waals surface area contributed by atoms with Crippen molar-refractivity contribution >= 4 is 28.8 Å². The molecule has 0 unspecified atom stereocenters. The molecule has 1 N–H and O–H groups in total. The Morgan fingerprint density at radius 1 is 1.12 bits per heavy atom. The van der Waals surface area contributed by atoms with E-state index < -0.39 is 11.7 Å². The lowest BCUT2D eigenvalue weighted by Gasteiger charge is -2.31. The Bertz CT molecular complexity index is 1110. The van der Waals surface area contributed by atoms with E-state index in [0.717, 1.165) is 29.2 Å². The van der Waals surface area contributed by atoms with Gasteiger partial charge in [0.25, 0.3) is 5.91 Å². The van der Waals surface area contributed by atoms with Gasteiger partial charge >= 0.3 is 0 Å². The Hall–Kier alpha value is -3.33. The fourth-order valence-corrected chi connectivity index (χ4v) is 4.71. The number of amides is 2. The van der Waals surface area contributed by atoms with Gasteiger partial charge in [0, 0.05) is 25.4 Å². The first kappa shape index (κ1) is 22.8. The highest BCUT2D eigenvalue weighted by molar-refractivity contribution is 7.13. The number of anilines is 1. The van der Waals surface area contributed by atoms with Crippen molar-refractivity contribution in [3.05, 3.63) is 69.9 Å². The first-order valence-electron chi connectivity index (χ1n) is 10.8. The average Bonchev–Trinajstić information content (AvgIpc) is 3.35. The number of benzene rings is 2. The number of carbonyl (C=O) groups is 2. The smallest absolute Gasteiger partial charge is 0.286 e. The van der Waals surface area contributed by atoms with Crippen molar-refractivity contribution in [2.45, 2.75) is 31.6 Å². The van der Waals surface area contributed by atoms with Crippen molar-refractivity contribution in [2.75, 3.05) is 25.5 Å². The largest absolute Gasteiger partial charge is 0.497 e. The van der Waals surface area contributed by atoms with E-state index in [0.29, 0.717) is 25.9 Å². The van der Waals surface area contributed by atoms with E-state index in [9.17, 15) is 14.0 Å². The van der Waals surface area contributed by atoms with Crippen molar-refractivity contribution in [1.29, 1.82) is 0 Å². The van der Waals surface area contributed by atoms with Gasteiger partial charge in [0.05, 0.1) is 12.8 Å². The predicted octanol–water partition coefficient (Wildman–Crippen LogP) is 4.28. The van der Waals surface area contributed by atoms with E-state index >= 15 is 0 Å². The van der Waals surface area contributed by atoms with Crippen LogP contribution in [-0.2, 0) is 11.2 Å². The molecule has 3 aromatic rings. The lowest BCUT2D eigenvalue weighted by atomic mass is 9.97. The molecule has 4 rings (SSSR count). The fourth-order valence-electron chi connectivity index (χ4n) is 3.81. The molecule has 172 valence electrons. The lowest BCUT2D eigenvalue weighted by molar-refractivity contribution is -0.132. The van der Waals surface area contributed by atoms with Gasteiger partial charge < -0.3 is 15.0 Å². The van der Waals surface area contributed by atoms with E-state index in [2.05, 4.69) is 15.5 Å². The molecular formula is C24H25FN4O3S. The summed E-state index contributed by atoms with van der Waals surface area (Å²) in [6.07, 6.45) is 2.71. The molecule has 2 amide bonds. The number of piperidine rings is 1. The Morgan fingerprint density at radius 2 is 1.85 bits per heavy atom. The molecule has 1 fully saturated rings. The van der Waals surface area contributed by atoms with Crippen LogP contribution in [0.4, 0.5) is 10.1 Å². The first-order chi connectivity index (χ1) is 16.0. The summed E-state index contributed by atoms with van der Waals surface area (Å²) in [6, 6.07) is 13.8. The van der Waals surface area contributed by atoms with Crippen LogP contribution in [0.3, 0.4) is 0 Å². The van der Waals surface area contributed by atoms with Crippen molar-refractivity contribution in [3.8, 4) is 5.75 Å². The number of ether oxygens (including phenoxy) is 1. The zero-order chi connectivity index (χ0) is 23.2. The highest BCUT2D eigenvalue weighted by Crippen LogP contribution is 2.31. The normalized spacial score (nSPS) is 14.2. The van der Waals surface area contributed by atoms with Crippen LogP contribution in [0, 0.1) is 5.82 Å². The van der Waals surface area contributed by atoms with Gasteiger partial charge in [-0.2, -0.15) is 0 Å². The fraction of sp³-hybridized carbons (Fsp3) is 0.333. The zero-order valence-electron chi connectivity index (χ0n) is 18.3. The Kier molecular flexibility index (Phi) is 7.29. The topological polar surface area (TPSA) is 84.4 Å². The molecule has 2 heterocycles. The number of likely N-dealkylation sites (tertiary alicyclic amines) is 1. The van der Waals surface area contributed by atoms with Gasteiger partial charge in [0.15, 0.2) is 0 Å². The van der Waals surface area contributed by atoms with Gasteiger partial charge in [-0.3, -0.25) is 9.59 Å². The number of hydrogen-bond acceptors (Lipinski definition) is 6. The number of nitrogens with zero attached hydrogens (tertiary/aromatic N) is 3. The van der Waals surface area contributed by atoms with Crippen LogP contribution >= 0.6 is 11.3 Å². The van der Waals surface area contributed by atoms with Crippen molar-refractivity contribution < 1.29 is 18.7 Å². The third kappa shape index (κ3) is 5.73. The number of nitrogens with one attached hydrogen (secondary N) is 1. The molecule has 0 saturated carbocycles. The van der Waals surface area contributed by atoms with Gasteiger partial charge in [-0.25, -0.2) is 4.39 Å². The van der Waals surface area contributed by atoms with Gasteiger partial charge in [-0.1, -0.05) is 35.6 Å². The molecule has 9 heteroatoms. The Morgan fingerprint density at radius 3 is 2.55 bits per heavy atom. The number of carbonyl (C=O) groups excluding carboxylic acids is 2. The molecule has 1 aromatic heterocycles. The number of methoxy groups -OCH3 is 1. The van der Waals surface area contributed by atoms with Crippen molar-refractivity contribution in [2.24, 2.45) is 0 Å². The minimum absolute atomic E-state index is 0.112. The van der Waals surface area contributed by atoms with E-state index in [4.69, 9.17) is 4.74 Å². The second-order valence-corrected chi connectivity index (χ2v) is 8.89. The summed E-state index contributed by atoms with van der Waals surface area (Å²) in [7, 11) is 1.63. The van der Waals surface area contributed by atoms with Crippen LogP contribution in [0.1, 0.15) is 45.6 Å². The summed E-state index contributed by atoms with van der Waals surface area (Å²) >= 11 is 1.22. The summed E-state index contributed by atoms with van der Waals surface area (Å²) in [5.74, 6) is 0.126. The molecule has 1 saturated heterocycles. The lowest BCUT2D eigenvalue weighted by Crippen LogP contribution is -2.38. The number of para-hydroxylation sites is 1. The average molecular weight is 469 g/mol. The van der Waals surface area contributed by atoms with Gasteiger partial charge in [0.1, 0.15) is 16.6 Å². The summed E-state index contributed by atoms with van der Waals surface area (Å²) in [5.41, 5.74) is 1.22. The molecule has 0 atom stereocenters. The van der Waals surface area contributed by atoms with Crippen LogP contribution in [0.25, 0.3) is 0 Å². The van der Waals surface area contributed by atoms with Crippen LogP contribution in [0.5, 0.6) is 5.75 Å². The molecule has 1 aliphatic heterocycles. The number of hydrogen-bond donors (Lipinski definition) is 1. The van der Waals surface area contributed by atoms with Gasteiger partial charge in [-0.15, -0.1) is 10.2 Å². The van der Waals surface area contributed by atoms with Crippen LogP contribution in [0.15, 0.2) is 48.5 Å². The highest BCUT2D eigenvalue weighted by atomic mass is 32.1. The summed E-state index contributed by atoms with van der Waals surface area (Å²) in [4.78, 5) is 26.9. The van der Waals surface area contributed by atoms with E-state index in [1.807, 2.05) is 29.2 Å². The molecule has 0 aliphatic carbocycles. The maximum absolute atomic E-state index is 13.8. The molecule has 0 bridgehead atoms. The van der Waals surface area contributed by atoms with Crippen LogP contribution < -0.4 is 10.1 Å². The summed E-state index contributed by atoms with van der Waals surface area (Å²) in [6.45, 7) is 1.31. The van der Waals surface area contributed by atoms with Crippen molar-refractivity contribution in [1.82, 2.24) is 15.1 Å². The van der Waals surface area contributed by atoms with Crippen LogP contribution in [-0.4, -0.2) is 47.1 Å². The molecule has 0 spiro atoms. The number of rotatable bonds is 7. The monoisotopic (exact) mass is 468 g/mol. The first-order valence-corrected chi connectivity index (χ1v) is 11.6. The molecule has 33 heavy (non-hydrogen) atoms. The number of halogens is 1. The van der Waals surface area contributed by atoms with E-state index in [-0.39, 0.29) is 22.5 Å². The maximum atomic E-state index is 13.8. The quantitative estimate of drug-likeness (QED) is 0.560. The summed E-state index contributed by atoms with van der Waals surface area (Å²) in [5, 5.41) is 11.7. The number of aromatic nitrogens is 2. The van der Waals surface area contributed by atoms with Gasteiger partial charge in [-0.05, 0) is 49.1 Å². The number of aryl methyl sites for hydroxylation is 1. The molecule has 1 aliphatic rings. The van der Waals surface area contributed by atoms with Crippen molar-refractivity contribution in [3.63, 3.8) is 0 Å². The Balaban J connectivity index is 1.26. The minimum atomic E-state index is -0.500.